The van der Waals surface area contributed by atoms with Crippen LogP contribution in [0.1, 0.15) is 102 Å². The number of halogens is 2. The zero-order chi connectivity index (χ0) is 35.4. The highest BCUT2D eigenvalue weighted by molar-refractivity contribution is 5.73. The van der Waals surface area contributed by atoms with Crippen LogP contribution in [0.4, 0.5) is 8.78 Å². The molecule has 0 spiro atoms. The predicted octanol–water partition coefficient (Wildman–Crippen LogP) is 14.0. The quantitative estimate of drug-likeness (QED) is 0.120. The van der Waals surface area contributed by atoms with Crippen molar-refractivity contribution in [2.45, 2.75) is 90.9 Å². The van der Waals surface area contributed by atoms with E-state index in [1.165, 1.54) is 124 Å². The molecule has 268 valence electrons. The number of benzene rings is 4. The number of hydrogen-bond acceptors (Lipinski definition) is 1. The Bertz CT molecular complexity index is 1550. The highest BCUT2D eigenvalue weighted by Crippen LogP contribution is 2.41. The maximum absolute atomic E-state index is 13.5. The number of hydrogen-bond donors (Lipinski definition) is 0. The highest BCUT2D eigenvalue weighted by atomic mass is 19.1. The molecule has 1 nitrogen and oxygen atoms in total. The molecule has 3 heteroatoms. The van der Waals surface area contributed by atoms with Gasteiger partial charge in [0.05, 0.1) is 13.2 Å². The summed E-state index contributed by atoms with van der Waals surface area (Å²) in [5.74, 6) is 2.38. The van der Waals surface area contributed by atoms with E-state index in [2.05, 4.69) is 74.5 Å². The smallest absolute Gasteiger partial charge is 0.123 e. The van der Waals surface area contributed by atoms with E-state index in [4.69, 9.17) is 4.74 Å². The first-order chi connectivity index (χ1) is 25.0. The summed E-state index contributed by atoms with van der Waals surface area (Å²) in [5.41, 5.74) is 9.62. The van der Waals surface area contributed by atoms with Crippen LogP contribution in [0.3, 0.4) is 0 Å². The maximum Gasteiger partial charge on any atom is 0.123 e. The molecule has 4 aromatic carbocycles. The first-order valence-corrected chi connectivity index (χ1v) is 19.7. The molecule has 4 aromatic rings. The molecule has 2 aliphatic carbocycles. The van der Waals surface area contributed by atoms with Crippen LogP contribution in [-0.2, 0) is 4.74 Å². The second kappa shape index (κ2) is 18.6. The van der Waals surface area contributed by atoms with Gasteiger partial charge in [0.25, 0.3) is 0 Å². The lowest BCUT2D eigenvalue weighted by atomic mass is 9.75. The molecule has 0 N–H and O–H groups in total. The van der Waals surface area contributed by atoms with Crippen LogP contribution < -0.4 is 0 Å². The fourth-order valence-corrected chi connectivity index (χ4v) is 8.74. The summed E-state index contributed by atoms with van der Waals surface area (Å²) in [6.45, 7) is 5.77. The van der Waals surface area contributed by atoms with Gasteiger partial charge in [-0.2, -0.15) is 0 Å². The van der Waals surface area contributed by atoms with Crippen molar-refractivity contribution in [2.75, 3.05) is 13.2 Å². The van der Waals surface area contributed by atoms with E-state index < -0.39 is 0 Å². The van der Waals surface area contributed by atoms with Gasteiger partial charge >= 0.3 is 0 Å². The fourth-order valence-electron chi connectivity index (χ4n) is 8.74. The Kier molecular flexibility index (Phi) is 13.5. The minimum absolute atomic E-state index is 0.208. The lowest BCUT2D eigenvalue weighted by Gasteiger charge is -2.31. The van der Waals surface area contributed by atoms with E-state index >= 15 is 0 Å². The van der Waals surface area contributed by atoms with Gasteiger partial charge in [-0.05, 0) is 144 Å². The lowest BCUT2D eigenvalue weighted by molar-refractivity contribution is 0.193. The van der Waals surface area contributed by atoms with E-state index in [1.807, 2.05) is 24.3 Å². The number of ether oxygens (including phenoxy) is 1. The molecule has 0 aliphatic heterocycles. The third kappa shape index (κ3) is 10.2. The molecule has 2 aliphatic rings. The summed E-state index contributed by atoms with van der Waals surface area (Å²) in [7, 11) is 0. The summed E-state index contributed by atoms with van der Waals surface area (Å²) in [6.07, 6.45) is 20.0. The van der Waals surface area contributed by atoms with E-state index in [1.54, 1.807) is 0 Å². The molecule has 0 heterocycles. The maximum atomic E-state index is 13.5. The monoisotopic (exact) mass is 686 g/mol. The standard InChI is InChI=1S/C48H56F2O/c1-3-5-35-7-11-41(12-8-35)47(43-19-15-37(16-20-43)39-23-27-45(49)28-24-39)31-33-51-34-32-48(42-13-9-36(6-4-2)10-14-42)44-21-17-38(18-22-44)40-25-29-46(50)30-26-40/h15-32,35-36,41-42H,3-14,33-34H2,1-2H3. The lowest BCUT2D eigenvalue weighted by Crippen LogP contribution is -2.16. The zero-order valence-electron chi connectivity index (χ0n) is 30.8. The van der Waals surface area contributed by atoms with Crippen molar-refractivity contribution in [3.8, 4) is 22.3 Å². The zero-order valence-corrected chi connectivity index (χ0v) is 30.8. The molecule has 0 unspecified atom stereocenters. The molecular weight excluding hydrogens is 631 g/mol. The van der Waals surface area contributed by atoms with Crippen molar-refractivity contribution in [2.24, 2.45) is 23.7 Å². The van der Waals surface area contributed by atoms with Crippen molar-refractivity contribution in [1.82, 2.24) is 0 Å². The van der Waals surface area contributed by atoms with E-state index in [0.717, 1.165) is 34.1 Å². The molecule has 6 rings (SSSR count). The Labute approximate surface area is 305 Å². The third-order valence-corrected chi connectivity index (χ3v) is 11.6. The van der Waals surface area contributed by atoms with Gasteiger partial charge in [0.15, 0.2) is 0 Å². The minimum Gasteiger partial charge on any atom is -0.373 e. The molecule has 51 heavy (non-hydrogen) atoms. The van der Waals surface area contributed by atoms with Crippen molar-refractivity contribution in [3.05, 3.63) is 132 Å². The van der Waals surface area contributed by atoms with Crippen molar-refractivity contribution in [1.29, 1.82) is 0 Å². The van der Waals surface area contributed by atoms with Crippen LogP contribution >= 0.6 is 0 Å². The molecule has 0 bridgehead atoms. The van der Waals surface area contributed by atoms with Gasteiger partial charge in [-0.1, -0.05) is 124 Å². The van der Waals surface area contributed by atoms with Gasteiger partial charge in [-0.25, -0.2) is 8.78 Å². The normalized spacial score (nSPS) is 21.5. The minimum atomic E-state index is -0.208. The first kappa shape index (κ1) is 37.0. The van der Waals surface area contributed by atoms with Crippen molar-refractivity contribution < 1.29 is 13.5 Å². The Morgan fingerprint density at radius 1 is 0.490 bits per heavy atom. The van der Waals surface area contributed by atoms with Gasteiger partial charge in [0.1, 0.15) is 11.6 Å². The Morgan fingerprint density at radius 2 is 0.804 bits per heavy atom. The van der Waals surface area contributed by atoms with Gasteiger partial charge in [0, 0.05) is 0 Å². The first-order valence-electron chi connectivity index (χ1n) is 19.7. The number of rotatable bonds is 14. The average molecular weight is 687 g/mol. The van der Waals surface area contributed by atoms with Gasteiger partial charge in [0.2, 0.25) is 0 Å². The summed E-state index contributed by atoms with van der Waals surface area (Å²) in [4.78, 5) is 0. The molecular formula is C48H56F2O. The summed E-state index contributed by atoms with van der Waals surface area (Å²) in [6, 6.07) is 31.2. The highest BCUT2D eigenvalue weighted by Gasteiger charge is 2.25. The SMILES string of the molecule is CCCC1CCC(C(=CCOCC=C(c2ccc(-c3ccc(F)cc3)cc2)C2CCC(CCC)CC2)c2ccc(-c3ccc(F)cc3)cc2)CC1. The van der Waals surface area contributed by atoms with Crippen LogP contribution in [0.2, 0.25) is 0 Å². The third-order valence-electron chi connectivity index (χ3n) is 11.6. The van der Waals surface area contributed by atoms with Crippen LogP contribution in [0.25, 0.3) is 33.4 Å². The van der Waals surface area contributed by atoms with Gasteiger partial charge < -0.3 is 4.74 Å². The molecule has 2 fully saturated rings. The molecule has 0 amide bonds. The van der Waals surface area contributed by atoms with Gasteiger partial charge in [-0.3, -0.25) is 0 Å². The molecule has 0 saturated heterocycles. The molecule has 0 aromatic heterocycles. The van der Waals surface area contributed by atoms with Crippen molar-refractivity contribution in [3.63, 3.8) is 0 Å². The Balaban J connectivity index is 1.18. The molecule has 2 saturated carbocycles. The van der Waals surface area contributed by atoms with Crippen LogP contribution in [0.15, 0.2) is 109 Å². The predicted molar refractivity (Wildman–Crippen MR) is 211 cm³/mol. The topological polar surface area (TPSA) is 9.23 Å². The fraction of sp³-hybridized carbons (Fsp3) is 0.417. The van der Waals surface area contributed by atoms with Crippen LogP contribution in [0, 0.1) is 35.3 Å². The van der Waals surface area contributed by atoms with E-state index in [0.29, 0.717) is 25.0 Å². The average Bonchev–Trinajstić information content (AvgIpc) is 3.17. The summed E-state index contributed by atoms with van der Waals surface area (Å²) in [5, 5.41) is 0. The largest absolute Gasteiger partial charge is 0.373 e. The molecule has 0 atom stereocenters. The Hall–Kier alpha value is -3.82. The van der Waals surface area contributed by atoms with Crippen LogP contribution in [-0.4, -0.2) is 13.2 Å². The summed E-state index contributed by atoms with van der Waals surface area (Å²) >= 11 is 0. The van der Waals surface area contributed by atoms with Crippen molar-refractivity contribution >= 4 is 11.1 Å². The van der Waals surface area contributed by atoms with E-state index in [-0.39, 0.29) is 11.6 Å². The second-order valence-corrected chi connectivity index (χ2v) is 15.0. The Morgan fingerprint density at radius 3 is 1.12 bits per heavy atom. The van der Waals surface area contributed by atoms with Gasteiger partial charge in [-0.15, -0.1) is 0 Å². The summed E-state index contributed by atoms with van der Waals surface area (Å²) < 4.78 is 33.5. The van der Waals surface area contributed by atoms with E-state index in [9.17, 15) is 8.78 Å². The number of allylic oxidation sites excluding steroid dienone is 2. The second-order valence-electron chi connectivity index (χ2n) is 15.0. The molecule has 0 radical (unpaired) electrons. The van der Waals surface area contributed by atoms with Crippen LogP contribution in [0.5, 0.6) is 0 Å².